The first kappa shape index (κ1) is 11.2. The third kappa shape index (κ3) is 2.83. The van der Waals surface area contributed by atoms with Crippen molar-refractivity contribution in [1.82, 2.24) is 5.32 Å². The topological polar surface area (TPSA) is 66.4 Å². The van der Waals surface area contributed by atoms with Crippen molar-refractivity contribution in [1.29, 1.82) is 0 Å². The fourth-order valence-electron chi connectivity index (χ4n) is 1.05. The Balaban J connectivity index is 2.62. The molecular formula is C7H9F2NO3S. The zero-order valence-electron chi connectivity index (χ0n) is 7.07. The highest BCUT2D eigenvalue weighted by Gasteiger charge is 2.32. The summed E-state index contributed by atoms with van der Waals surface area (Å²) in [5.41, 5.74) is 0. The van der Waals surface area contributed by atoms with Gasteiger partial charge < -0.3 is 10.4 Å². The average Bonchev–Trinajstić information content (AvgIpc) is 2.26. The van der Waals surface area contributed by atoms with E-state index in [0.29, 0.717) is 0 Å². The molecule has 80 valence electrons. The Morgan fingerprint density at radius 1 is 1.64 bits per heavy atom. The smallest absolute Gasteiger partial charge is 0.327 e. The van der Waals surface area contributed by atoms with Crippen LogP contribution < -0.4 is 5.32 Å². The van der Waals surface area contributed by atoms with Crippen molar-refractivity contribution < 1.29 is 23.5 Å². The fourth-order valence-corrected chi connectivity index (χ4v) is 2.13. The molecule has 0 aromatic heterocycles. The summed E-state index contributed by atoms with van der Waals surface area (Å²) in [6.45, 7) is 0. The van der Waals surface area contributed by atoms with Gasteiger partial charge in [0.2, 0.25) is 5.91 Å². The van der Waals surface area contributed by atoms with Crippen LogP contribution in [0.3, 0.4) is 0 Å². The van der Waals surface area contributed by atoms with Crippen molar-refractivity contribution in [2.75, 3.05) is 5.75 Å². The molecule has 0 saturated carbocycles. The number of nitrogens with one attached hydrogen (secondary N) is 1. The molecule has 0 unspecified atom stereocenters. The summed E-state index contributed by atoms with van der Waals surface area (Å²) in [6.07, 6.45) is -2.93. The van der Waals surface area contributed by atoms with Crippen molar-refractivity contribution in [3.05, 3.63) is 0 Å². The number of amides is 1. The quantitative estimate of drug-likeness (QED) is 0.710. The lowest BCUT2D eigenvalue weighted by molar-refractivity contribution is -0.141. The standard InChI is InChI=1S/C7H9F2NO3S/c8-6(9)4-1-5(11)10-3(2-14-4)7(12)13/h3-4,6H,1-2H2,(H,10,11)(H,12,13)/t3-,4+/m1/s1. The maximum atomic E-state index is 12.3. The summed E-state index contributed by atoms with van der Waals surface area (Å²) in [5.74, 6) is -1.84. The molecule has 1 aliphatic heterocycles. The highest BCUT2D eigenvalue weighted by molar-refractivity contribution is 8.00. The van der Waals surface area contributed by atoms with Gasteiger partial charge in [-0.25, -0.2) is 13.6 Å². The third-order valence-electron chi connectivity index (χ3n) is 1.78. The fraction of sp³-hybridized carbons (Fsp3) is 0.714. The van der Waals surface area contributed by atoms with Gasteiger partial charge in [0, 0.05) is 12.2 Å². The first-order valence-corrected chi connectivity index (χ1v) is 4.97. The number of rotatable bonds is 2. The van der Waals surface area contributed by atoms with E-state index in [1.54, 1.807) is 0 Å². The highest BCUT2D eigenvalue weighted by Crippen LogP contribution is 2.24. The summed E-state index contributed by atoms with van der Waals surface area (Å²) < 4.78 is 24.5. The minimum absolute atomic E-state index is 0.0178. The minimum atomic E-state index is -2.60. The summed E-state index contributed by atoms with van der Waals surface area (Å²) >= 11 is 0.818. The lowest BCUT2D eigenvalue weighted by Gasteiger charge is -2.10. The van der Waals surface area contributed by atoms with Crippen LogP contribution in [0.4, 0.5) is 8.78 Å². The van der Waals surface area contributed by atoms with Gasteiger partial charge in [-0.05, 0) is 0 Å². The van der Waals surface area contributed by atoms with Crippen molar-refractivity contribution in [3.63, 3.8) is 0 Å². The molecule has 0 bridgehead atoms. The average molecular weight is 225 g/mol. The van der Waals surface area contributed by atoms with Gasteiger partial charge in [-0.15, -0.1) is 11.8 Å². The van der Waals surface area contributed by atoms with Gasteiger partial charge in [0.05, 0.1) is 5.25 Å². The molecule has 0 spiro atoms. The number of carboxylic acids is 1. The molecular weight excluding hydrogens is 216 g/mol. The van der Waals surface area contributed by atoms with Gasteiger partial charge in [0.1, 0.15) is 6.04 Å². The second-order valence-electron chi connectivity index (χ2n) is 2.87. The van der Waals surface area contributed by atoms with Crippen molar-refractivity contribution in [3.8, 4) is 0 Å². The number of thioether (sulfide) groups is 1. The zero-order valence-corrected chi connectivity index (χ0v) is 7.89. The Morgan fingerprint density at radius 2 is 2.29 bits per heavy atom. The maximum absolute atomic E-state index is 12.3. The zero-order chi connectivity index (χ0) is 10.7. The molecule has 2 N–H and O–H groups in total. The van der Waals surface area contributed by atoms with E-state index in [1.807, 2.05) is 0 Å². The Labute approximate surface area is 83.0 Å². The predicted molar refractivity (Wildman–Crippen MR) is 46.4 cm³/mol. The Bertz CT molecular complexity index is 249. The second kappa shape index (κ2) is 4.59. The van der Waals surface area contributed by atoms with Crippen LogP contribution in [0.5, 0.6) is 0 Å². The van der Waals surface area contributed by atoms with Crippen molar-refractivity contribution >= 4 is 23.6 Å². The van der Waals surface area contributed by atoms with Crippen LogP contribution in [-0.2, 0) is 9.59 Å². The molecule has 1 aliphatic rings. The number of alkyl halides is 2. The lowest BCUT2D eigenvalue weighted by Crippen LogP contribution is -2.41. The highest BCUT2D eigenvalue weighted by atomic mass is 32.2. The number of halogens is 2. The number of carboxylic acid groups (broad SMARTS) is 1. The van der Waals surface area contributed by atoms with E-state index in [2.05, 4.69) is 5.32 Å². The van der Waals surface area contributed by atoms with Gasteiger partial charge in [-0.2, -0.15) is 0 Å². The van der Waals surface area contributed by atoms with E-state index in [4.69, 9.17) is 5.11 Å². The first-order chi connectivity index (χ1) is 6.50. The molecule has 0 radical (unpaired) electrons. The van der Waals surface area contributed by atoms with Gasteiger partial charge in [-0.3, -0.25) is 4.79 Å². The normalized spacial score (nSPS) is 28.4. The van der Waals surface area contributed by atoms with Crippen LogP contribution in [0.2, 0.25) is 0 Å². The molecule has 1 rings (SSSR count). The van der Waals surface area contributed by atoms with Crippen molar-refractivity contribution in [2.45, 2.75) is 24.1 Å². The van der Waals surface area contributed by atoms with Gasteiger partial charge in [-0.1, -0.05) is 0 Å². The van der Waals surface area contributed by atoms with Crippen LogP contribution in [-0.4, -0.2) is 40.5 Å². The van der Waals surface area contributed by atoms with E-state index in [9.17, 15) is 18.4 Å². The second-order valence-corrected chi connectivity index (χ2v) is 4.14. The molecule has 4 nitrogen and oxygen atoms in total. The van der Waals surface area contributed by atoms with E-state index in [1.165, 1.54) is 0 Å². The first-order valence-electron chi connectivity index (χ1n) is 3.92. The lowest BCUT2D eigenvalue weighted by atomic mass is 10.2. The molecule has 7 heteroatoms. The van der Waals surface area contributed by atoms with Crippen LogP contribution in [0.15, 0.2) is 0 Å². The molecule has 0 aromatic rings. The maximum Gasteiger partial charge on any atom is 0.327 e. The number of hydrogen-bond acceptors (Lipinski definition) is 3. The van der Waals surface area contributed by atoms with Gasteiger partial charge in [0.25, 0.3) is 6.43 Å². The van der Waals surface area contributed by atoms with E-state index in [0.717, 1.165) is 11.8 Å². The van der Waals surface area contributed by atoms with Gasteiger partial charge in [0.15, 0.2) is 0 Å². The summed E-state index contributed by atoms with van der Waals surface area (Å²) in [5, 5.41) is 9.66. The van der Waals surface area contributed by atoms with E-state index >= 15 is 0 Å². The number of carbonyl (C=O) groups is 2. The largest absolute Gasteiger partial charge is 0.480 e. The summed E-state index contributed by atoms with van der Waals surface area (Å²) in [6, 6.07) is -1.06. The molecule has 0 aliphatic carbocycles. The van der Waals surface area contributed by atoms with Crippen LogP contribution >= 0.6 is 11.8 Å². The monoisotopic (exact) mass is 225 g/mol. The molecule has 1 fully saturated rings. The van der Waals surface area contributed by atoms with Crippen LogP contribution in [0.1, 0.15) is 6.42 Å². The molecule has 1 saturated heterocycles. The van der Waals surface area contributed by atoms with Gasteiger partial charge >= 0.3 is 5.97 Å². The van der Waals surface area contributed by atoms with E-state index < -0.39 is 29.6 Å². The number of hydrogen-bond donors (Lipinski definition) is 2. The van der Waals surface area contributed by atoms with Crippen molar-refractivity contribution in [2.24, 2.45) is 0 Å². The predicted octanol–water partition coefficient (Wildman–Crippen LogP) is 0.326. The Hall–Kier alpha value is -0.850. The Kier molecular flexibility index (Phi) is 3.68. The third-order valence-corrected chi connectivity index (χ3v) is 3.10. The number of carbonyl (C=O) groups excluding carboxylic acids is 1. The van der Waals surface area contributed by atoms with Crippen LogP contribution in [0.25, 0.3) is 0 Å². The molecule has 1 amide bonds. The molecule has 1 heterocycles. The molecule has 2 atom stereocenters. The van der Waals surface area contributed by atoms with Crippen LogP contribution in [0, 0.1) is 0 Å². The summed E-state index contributed by atoms with van der Waals surface area (Å²) in [4.78, 5) is 21.5. The number of aliphatic carboxylic acids is 1. The Morgan fingerprint density at radius 3 is 2.79 bits per heavy atom. The SMILES string of the molecule is O=C1C[C@@H](C(F)F)SC[C@H](C(=O)O)N1. The molecule has 0 aromatic carbocycles. The summed E-state index contributed by atoms with van der Waals surface area (Å²) in [7, 11) is 0. The molecule has 14 heavy (non-hydrogen) atoms. The minimum Gasteiger partial charge on any atom is -0.480 e. The van der Waals surface area contributed by atoms with E-state index in [-0.39, 0.29) is 12.2 Å².